The van der Waals surface area contributed by atoms with Gasteiger partial charge in [-0.1, -0.05) is 27.7 Å². The molecule has 2 unspecified atom stereocenters. The number of likely N-dealkylation sites (tertiary alicyclic amines) is 1. The molecule has 1 aromatic carbocycles. The number of halogens is 3. The van der Waals surface area contributed by atoms with Crippen LogP contribution in [0.5, 0.6) is 0 Å². The van der Waals surface area contributed by atoms with Crippen LogP contribution in [0.4, 0.5) is 24.5 Å². The Balaban J connectivity index is 0.000000429. The van der Waals surface area contributed by atoms with Gasteiger partial charge in [-0.25, -0.2) is 4.79 Å². The van der Waals surface area contributed by atoms with Crippen molar-refractivity contribution < 1.29 is 27.9 Å². The third-order valence-corrected chi connectivity index (χ3v) is 8.57. The van der Waals surface area contributed by atoms with E-state index in [-0.39, 0.29) is 22.7 Å². The van der Waals surface area contributed by atoms with Crippen molar-refractivity contribution in [2.24, 2.45) is 16.7 Å². The summed E-state index contributed by atoms with van der Waals surface area (Å²) < 4.78 is 31.7. The van der Waals surface area contributed by atoms with Gasteiger partial charge in [0.2, 0.25) is 5.91 Å². The fourth-order valence-corrected chi connectivity index (χ4v) is 5.88. The lowest BCUT2D eigenvalue weighted by molar-refractivity contribution is -0.192. The summed E-state index contributed by atoms with van der Waals surface area (Å²) in [5.74, 6) is -2.51. The fraction of sp³-hybridized carbons (Fsp3) is 0.692. The van der Waals surface area contributed by atoms with Crippen molar-refractivity contribution in [2.45, 2.75) is 79.1 Å². The number of nitrogens with zero attached hydrogens (tertiary/aromatic N) is 2. The molecule has 0 spiro atoms. The summed E-state index contributed by atoms with van der Waals surface area (Å²) in [6.07, 6.45) is -1.13. The summed E-state index contributed by atoms with van der Waals surface area (Å²) >= 11 is 0. The second-order valence-electron chi connectivity index (χ2n) is 11.3. The smallest absolute Gasteiger partial charge is 0.475 e. The van der Waals surface area contributed by atoms with Crippen LogP contribution in [0.2, 0.25) is 0 Å². The molecule has 3 aliphatic rings. The van der Waals surface area contributed by atoms with Gasteiger partial charge in [0, 0.05) is 42.5 Å². The van der Waals surface area contributed by atoms with E-state index in [4.69, 9.17) is 9.90 Å². The zero-order chi connectivity index (χ0) is 26.3. The van der Waals surface area contributed by atoms with Gasteiger partial charge in [-0.05, 0) is 74.2 Å². The Morgan fingerprint density at radius 1 is 1.09 bits per heavy atom. The predicted molar refractivity (Wildman–Crippen MR) is 131 cm³/mol. The third-order valence-electron chi connectivity index (χ3n) is 8.57. The molecule has 6 nitrogen and oxygen atoms in total. The molecule has 0 bridgehead atoms. The molecule has 35 heavy (non-hydrogen) atoms. The van der Waals surface area contributed by atoms with Crippen molar-refractivity contribution in [1.29, 1.82) is 0 Å². The molecule has 2 N–H and O–H groups in total. The largest absolute Gasteiger partial charge is 0.490 e. The van der Waals surface area contributed by atoms with E-state index in [2.05, 4.69) is 74.9 Å². The number of hydrogen-bond acceptors (Lipinski definition) is 4. The number of alkyl halides is 3. The first-order chi connectivity index (χ1) is 16.1. The van der Waals surface area contributed by atoms with Gasteiger partial charge in [-0.15, -0.1) is 0 Å². The third kappa shape index (κ3) is 5.60. The standard InChI is InChI=1S/C24H37N3O.C2HF3O2/c1-16-14-18(25-22(28)21-23(3,4)24(21,5)6)9-10-20(16)26-13-11-19(15-26)27-12-7-8-17(27)2;3-2(4,5)1(6)7/h9-10,14,17,19,21H,7-8,11-13,15H2,1-6H3,(H,25,28);(H,6,7). The Morgan fingerprint density at radius 2 is 1.69 bits per heavy atom. The molecule has 196 valence electrons. The summed E-state index contributed by atoms with van der Waals surface area (Å²) in [5, 5.41) is 10.3. The van der Waals surface area contributed by atoms with E-state index < -0.39 is 12.1 Å². The van der Waals surface area contributed by atoms with Gasteiger partial charge >= 0.3 is 12.1 Å². The number of carboxylic acids is 1. The summed E-state index contributed by atoms with van der Waals surface area (Å²) in [6, 6.07) is 7.84. The number of nitrogens with one attached hydrogen (secondary N) is 1. The lowest BCUT2D eigenvalue weighted by Crippen LogP contribution is -2.39. The molecular formula is C26H38F3N3O3. The maximum absolute atomic E-state index is 12.8. The maximum atomic E-state index is 12.8. The first-order valence-electron chi connectivity index (χ1n) is 12.3. The van der Waals surface area contributed by atoms with Gasteiger partial charge in [0.1, 0.15) is 0 Å². The van der Waals surface area contributed by atoms with Gasteiger partial charge in [-0.2, -0.15) is 13.2 Å². The fourth-order valence-electron chi connectivity index (χ4n) is 5.88. The van der Waals surface area contributed by atoms with Crippen LogP contribution in [0.3, 0.4) is 0 Å². The van der Waals surface area contributed by atoms with Crippen LogP contribution in [-0.4, -0.2) is 59.8 Å². The van der Waals surface area contributed by atoms with Crippen molar-refractivity contribution in [2.75, 3.05) is 29.9 Å². The topological polar surface area (TPSA) is 72.9 Å². The molecular weight excluding hydrogens is 459 g/mol. The number of anilines is 2. The highest BCUT2D eigenvalue weighted by molar-refractivity contribution is 5.96. The predicted octanol–water partition coefficient (Wildman–Crippen LogP) is 5.31. The Morgan fingerprint density at radius 3 is 2.14 bits per heavy atom. The van der Waals surface area contributed by atoms with Gasteiger partial charge in [0.05, 0.1) is 0 Å². The van der Waals surface area contributed by atoms with Crippen LogP contribution in [0.1, 0.15) is 59.4 Å². The minimum Gasteiger partial charge on any atom is -0.475 e. The van der Waals surface area contributed by atoms with Crippen molar-refractivity contribution in [3.63, 3.8) is 0 Å². The van der Waals surface area contributed by atoms with E-state index >= 15 is 0 Å². The van der Waals surface area contributed by atoms with Gasteiger partial charge in [0.25, 0.3) is 0 Å². The summed E-state index contributed by atoms with van der Waals surface area (Å²) in [5.41, 5.74) is 3.64. The molecule has 2 aliphatic heterocycles. The Bertz CT molecular complexity index is 947. The monoisotopic (exact) mass is 497 g/mol. The molecule has 1 aromatic rings. The van der Waals surface area contributed by atoms with E-state index in [0.29, 0.717) is 6.04 Å². The number of amides is 1. The van der Waals surface area contributed by atoms with Crippen molar-refractivity contribution in [3.8, 4) is 0 Å². The lowest BCUT2D eigenvalue weighted by Gasteiger charge is -2.29. The second kappa shape index (κ2) is 9.64. The molecule has 2 heterocycles. The summed E-state index contributed by atoms with van der Waals surface area (Å²) in [6.45, 7) is 16.8. The Kier molecular flexibility index (Phi) is 7.52. The summed E-state index contributed by atoms with van der Waals surface area (Å²) in [4.78, 5) is 26.9. The molecule has 1 amide bonds. The minimum absolute atomic E-state index is 0.0728. The highest BCUT2D eigenvalue weighted by Crippen LogP contribution is 2.68. The van der Waals surface area contributed by atoms with Crippen LogP contribution < -0.4 is 10.2 Å². The average molecular weight is 498 g/mol. The molecule has 2 atom stereocenters. The van der Waals surface area contributed by atoms with E-state index in [1.165, 1.54) is 37.1 Å². The number of carboxylic acid groups (broad SMARTS) is 1. The van der Waals surface area contributed by atoms with Crippen molar-refractivity contribution in [1.82, 2.24) is 4.90 Å². The normalized spacial score (nSPS) is 25.7. The maximum Gasteiger partial charge on any atom is 0.490 e. The molecule has 1 saturated carbocycles. The molecule has 9 heteroatoms. The minimum atomic E-state index is -5.08. The zero-order valence-corrected chi connectivity index (χ0v) is 21.5. The molecule has 0 radical (unpaired) electrons. The van der Waals surface area contributed by atoms with Gasteiger partial charge < -0.3 is 15.3 Å². The number of benzene rings is 1. The SMILES string of the molecule is Cc1cc(NC(=O)C2C(C)(C)C2(C)C)ccc1N1CCC(N2CCCC2C)C1.O=C(O)C(F)(F)F. The van der Waals surface area contributed by atoms with Crippen LogP contribution >= 0.6 is 0 Å². The highest BCUT2D eigenvalue weighted by Gasteiger charge is 2.68. The van der Waals surface area contributed by atoms with Crippen LogP contribution in [0.15, 0.2) is 18.2 Å². The number of carbonyl (C=O) groups excluding carboxylic acids is 1. The van der Waals surface area contributed by atoms with Crippen LogP contribution in [0, 0.1) is 23.7 Å². The zero-order valence-electron chi connectivity index (χ0n) is 21.5. The van der Waals surface area contributed by atoms with E-state index in [1.807, 2.05) is 0 Å². The highest BCUT2D eigenvalue weighted by atomic mass is 19.4. The summed E-state index contributed by atoms with van der Waals surface area (Å²) in [7, 11) is 0. The number of aryl methyl sites for hydroxylation is 1. The van der Waals surface area contributed by atoms with Crippen LogP contribution in [-0.2, 0) is 9.59 Å². The first kappa shape index (κ1) is 27.3. The number of aliphatic carboxylic acids is 1. The van der Waals surface area contributed by atoms with Crippen LogP contribution in [0.25, 0.3) is 0 Å². The van der Waals surface area contributed by atoms with Crippen molar-refractivity contribution >= 4 is 23.3 Å². The Labute approximate surface area is 205 Å². The van der Waals surface area contributed by atoms with E-state index in [1.54, 1.807) is 0 Å². The van der Waals surface area contributed by atoms with Gasteiger partial charge in [0.15, 0.2) is 0 Å². The molecule has 2 saturated heterocycles. The average Bonchev–Trinajstić information content (AvgIpc) is 3.18. The quantitative estimate of drug-likeness (QED) is 0.590. The molecule has 3 fully saturated rings. The number of rotatable bonds is 4. The lowest BCUT2D eigenvalue weighted by atomic mass is 10.0. The molecule has 1 aliphatic carbocycles. The number of carbonyl (C=O) groups is 2. The molecule has 0 aromatic heterocycles. The second-order valence-corrected chi connectivity index (χ2v) is 11.3. The first-order valence-corrected chi connectivity index (χ1v) is 12.3. The number of hydrogen-bond donors (Lipinski definition) is 2. The Hall–Kier alpha value is -2.29. The van der Waals surface area contributed by atoms with E-state index in [9.17, 15) is 18.0 Å². The van der Waals surface area contributed by atoms with Gasteiger partial charge in [-0.3, -0.25) is 9.69 Å². The van der Waals surface area contributed by atoms with E-state index in [0.717, 1.165) is 24.8 Å². The molecule has 4 rings (SSSR count). The van der Waals surface area contributed by atoms with Crippen molar-refractivity contribution in [3.05, 3.63) is 23.8 Å².